The first-order valence-electron chi connectivity index (χ1n) is 9.60. The van der Waals surface area contributed by atoms with Crippen molar-refractivity contribution >= 4 is 22.8 Å². The Balaban J connectivity index is 2.01. The van der Waals surface area contributed by atoms with E-state index in [1.165, 1.54) is 6.20 Å². The first kappa shape index (κ1) is 18.5. The highest BCUT2D eigenvalue weighted by Crippen LogP contribution is 2.41. The van der Waals surface area contributed by atoms with E-state index in [1.807, 2.05) is 26.8 Å². The smallest absolute Gasteiger partial charge is 0.341 e. The van der Waals surface area contributed by atoms with Crippen LogP contribution in [0.15, 0.2) is 29.7 Å². The third-order valence-corrected chi connectivity index (χ3v) is 5.56. The van der Waals surface area contributed by atoms with Crippen LogP contribution in [0.2, 0.25) is 0 Å². The summed E-state index contributed by atoms with van der Waals surface area (Å²) in [5, 5.41) is 9.77. The van der Waals surface area contributed by atoms with Crippen LogP contribution in [0.4, 0.5) is 5.82 Å². The van der Waals surface area contributed by atoms with Crippen LogP contribution in [-0.4, -0.2) is 39.3 Å². The SMILES string of the molecule is C=CC[C@@H]1Oc2cc3c(=O)c(C(=O)O)cn(C(C)(C)C)c3nc2N2CCC[C@@H]12. The van der Waals surface area contributed by atoms with E-state index in [0.29, 0.717) is 17.8 Å². The van der Waals surface area contributed by atoms with Gasteiger partial charge in [0.25, 0.3) is 0 Å². The number of hydrogen-bond acceptors (Lipinski definition) is 5. The van der Waals surface area contributed by atoms with Crippen LogP contribution in [0.1, 0.15) is 50.4 Å². The summed E-state index contributed by atoms with van der Waals surface area (Å²) in [7, 11) is 0. The van der Waals surface area contributed by atoms with Crippen molar-refractivity contribution in [2.24, 2.45) is 0 Å². The maximum Gasteiger partial charge on any atom is 0.341 e. The molecule has 1 saturated heterocycles. The zero-order valence-corrected chi connectivity index (χ0v) is 16.4. The van der Waals surface area contributed by atoms with E-state index in [9.17, 15) is 14.7 Å². The molecule has 1 N–H and O–H groups in total. The van der Waals surface area contributed by atoms with Gasteiger partial charge in [0.2, 0.25) is 5.43 Å². The maximum absolute atomic E-state index is 12.9. The minimum atomic E-state index is -1.24. The Labute approximate surface area is 163 Å². The largest absolute Gasteiger partial charge is 0.484 e. The summed E-state index contributed by atoms with van der Waals surface area (Å²) < 4.78 is 7.98. The van der Waals surface area contributed by atoms with Crippen LogP contribution in [0, 0.1) is 0 Å². The normalized spacial score (nSPS) is 21.2. The van der Waals surface area contributed by atoms with Crippen molar-refractivity contribution in [3.05, 3.63) is 40.7 Å². The summed E-state index contributed by atoms with van der Waals surface area (Å²) in [6.07, 6.45) is 6.00. The van der Waals surface area contributed by atoms with Crippen molar-refractivity contribution in [2.45, 2.75) is 57.7 Å². The van der Waals surface area contributed by atoms with Crippen LogP contribution in [-0.2, 0) is 5.54 Å². The standard InChI is InChI=1S/C21H25N3O4/c1-5-7-15-14-8-6-9-23(14)19-16(28-15)10-12-17(25)13(20(26)27)11-24(18(12)22-19)21(2,3)4/h5,10-11,14-15H,1,6-9H2,2-4H3,(H,26,27)/t14-,15-/m0/s1. The molecule has 2 aliphatic rings. The molecule has 0 aromatic carbocycles. The van der Waals surface area contributed by atoms with Gasteiger partial charge in [-0.2, -0.15) is 0 Å². The number of rotatable bonds is 3. The maximum atomic E-state index is 12.9. The second-order valence-electron chi connectivity index (χ2n) is 8.48. The molecule has 2 aliphatic heterocycles. The Morgan fingerprint density at radius 2 is 2.21 bits per heavy atom. The first-order chi connectivity index (χ1) is 13.2. The van der Waals surface area contributed by atoms with E-state index in [-0.39, 0.29) is 23.1 Å². The van der Waals surface area contributed by atoms with E-state index in [0.717, 1.165) is 25.2 Å². The summed E-state index contributed by atoms with van der Waals surface area (Å²) in [6, 6.07) is 1.91. The molecule has 0 amide bonds. The Kier molecular flexibility index (Phi) is 4.21. The second-order valence-corrected chi connectivity index (χ2v) is 8.48. The van der Waals surface area contributed by atoms with Crippen LogP contribution in [0.3, 0.4) is 0 Å². The van der Waals surface area contributed by atoms with Crippen LogP contribution < -0.4 is 15.1 Å². The van der Waals surface area contributed by atoms with Gasteiger partial charge in [0.05, 0.1) is 11.4 Å². The molecule has 0 bridgehead atoms. The predicted octanol–water partition coefficient (Wildman–Crippen LogP) is 3.16. The Hall–Kier alpha value is -2.83. The average molecular weight is 383 g/mol. The lowest BCUT2D eigenvalue weighted by Crippen LogP contribution is -2.46. The Morgan fingerprint density at radius 1 is 1.46 bits per heavy atom. The Morgan fingerprint density at radius 3 is 2.86 bits per heavy atom. The zero-order valence-electron chi connectivity index (χ0n) is 16.4. The molecule has 4 heterocycles. The van der Waals surface area contributed by atoms with E-state index >= 15 is 0 Å². The number of carboxylic acids is 1. The van der Waals surface area contributed by atoms with Gasteiger partial charge in [-0.25, -0.2) is 9.78 Å². The molecule has 28 heavy (non-hydrogen) atoms. The number of carbonyl (C=O) groups is 1. The summed E-state index contributed by atoms with van der Waals surface area (Å²) in [4.78, 5) is 31.6. The van der Waals surface area contributed by atoms with Gasteiger partial charge in [-0.05, 0) is 39.7 Å². The molecule has 0 saturated carbocycles. The predicted molar refractivity (Wildman–Crippen MR) is 108 cm³/mol. The minimum absolute atomic E-state index is 0.0424. The summed E-state index contributed by atoms with van der Waals surface area (Å²) in [5.74, 6) is 0.0288. The molecule has 0 spiro atoms. The third kappa shape index (κ3) is 2.77. The number of carboxylic acid groups (broad SMARTS) is 1. The molecule has 0 unspecified atom stereocenters. The topological polar surface area (TPSA) is 84.7 Å². The lowest BCUT2D eigenvalue weighted by atomic mass is 10.0. The number of aromatic nitrogens is 2. The molecular formula is C21H25N3O4. The number of ether oxygens (including phenoxy) is 1. The van der Waals surface area contributed by atoms with E-state index < -0.39 is 16.9 Å². The van der Waals surface area contributed by atoms with Gasteiger partial charge in [-0.1, -0.05) is 6.08 Å². The van der Waals surface area contributed by atoms with Crippen LogP contribution in [0.25, 0.3) is 11.0 Å². The molecule has 2 atom stereocenters. The molecule has 2 aromatic heterocycles. The quantitative estimate of drug-likeness (QED) is 0.820. The zero-order chi connectivity index (χ0) is 20.2. The molecule has 7 nitrogen and oxygen atoms in total. The molecule has 7 heteroatoms. The lowest BCUT2D eigenvalue weighted by Gasteiger charge is -2.38. The average Bonchev–Trinajstić information content (AvgIpc) is 3.10. The highest BCUT2D eigenvalue weighted by molar-refractivity contribution is 5.92. The van der Waals surface area contributed by atoms with Crippen molar-refractivity contribution in [1.29, 1.82) is 0 Å². The monoisotopic (exact) mass is 383 g/mol. The van der Waals surface area contributed by atoms with Gasteiger partial charge in [0, 0.05) is 24.7 Å². The molecule has 0 radical (unpaired) electrons. The lowest BCUT2D eigenvalue weighted by molar-refractivity contribution is 0.0694. The van der Waals surface area contributed by atoms with Gasteiger partial charge in [0.1, 0.15) is 17.3 Å². The van der Waals surface area contributed by atoms with Crippen molar-refractivity contribution in [2.75, 3.05) is 11.4 Å². The van der Waals surface area contributed by atoms with E-state index in [1.54, 1.807) is 10.6 Å². The molecule has 0 aliphatic carbocycles. The molecule has 148 valence electrons. The summed E-state index contributed by atoms with van der Waals surface area (Å²) in [5.41, 5.74) is -0.757. The van der Waals surface area contributed by atoms with Gasteiger partial charge in [-0.15, -0.1) is 6.58 Å². The fourth-order valence-corrected chi connectivity index (χ4v) is 4.23. The number of anilines is 1. The van der Waals surface area contributed by atoms with E-state index in [4.69, 9.17) is 9.72 Å². The summed E-state index contributed by atoms with van der Waals surface area (Å²) in [6.45, 7) is 10.6. The van der Waals surface area contributed by atoms with Gasteiger partial charge in [0.15, 0.2) is 11.6 Å². The Bertz CT molecular complexity index is 1030. The molecule has 4 rings (SSSR count). The van der Waals surface area contributed by atoms with Crippen LogP contribution >= 0.6 is 0 Å². The van der Waals surface area contributed by atoms with Gasteiger partial charge >= 0.3 is 5.97 Å². The molecule has 1 fully saturated rings. The van der Waals surface area contributed by atoms with Crippen molar-refractivity contribution in [1.82, 2.24) is 9.55 Å². The van der Waals surface area contributed by atoms with Crippen LogP contribution in [0.5, 0.6) is 5.75 Å². The number of fused-ring (bicyclic) bond motifs is 4. The highest BCUT2D eigenvalue weighted by Gasteiger charge is 2.40. The molecular weight excluding hydrogens is 358 g/mol. The van der Waals surface area contributed by atoms with Crippen molar-refractivity contribution in [3.63, 3.8) is 0 Å². The number of hydrogen-bond donors (Lipinski definition) is 1. The van der Waals surface area contributed by atoms with Crippen molar-refractivity contribution < 1.29 is 14.6 Å². The van der Waals surface area contributed by atoms with Gasteiger partial charge < -0.3 is 19.3 Å². The fourth-order valence-electron chi connectivity index (χ4n) is 4.23. The highest BCUT2D eigenvalue weighted by atomic mass is 16.5. The minimum Gasteiger partial charge on any atom is -0.484 e. The van der Waals surface area contributed by atoms with E-state index in [2.05, 4.69) is 11.5 Å². The number of nitrogens with zero attached hydrogens (tertiary/aromatic N) is 3. The number of pyridine rings is 2. The third-order valence-electron chi connectivity index (χ3n) is 5.56. The second kappa shape index (κ2) is 6.36. The van der Waals surface area contributed by atoms with Crippen molar-refractivity contribution in [3.8, 4) is 5.75 Å². The summed E-state index contributed by atoms with van der Waals surface area (Å²) >= 11 is 0. The first-order valence-corrected chi connectivity index (χ1v) is 9.60. The van der Waals surface area contributed by atoms with Gasteiger partial charge in [-0.3, -0.25) is 4.79 Å². The molecule has 2 aromatic rings. The number of aromatic carboxylic acids is 1. The fraction of sp³-hybridized carbons (Fsp3) is 0.476.